The number of carbonyl (C=O) groups is 1. The third kappa shape index (κ3) is 4.22. The molecular formula is C21H30N2OS. The van der Waals surface area contributed by atoms with Crippen LogP contribution in [0.25, 0.3) is 0 Å². The van der Waals surface area contributed by atoms with Crippen molar-refractivity contribution in [3.63, 3.8) is 0 Å². The fraction of sp³-hybridized carbons (Fsp3) is 0.667. The Kier molecular flexibility index (Phi) is 5.66. The van der Waals surface area contributed by atoms with Gasteiger partial charge in [-0.25, -0.2) is 0 Å². The van der Waals surface area contributed by atoms with Gasteiger partial charge in [0.05, 0.1) is 0 Å². The summed E-state index contributed by atoms with van der Waals surface area (Å²) in [5.74, 6) is 3.33. The normalized spacial score (nSPS) is 25.7. The van der Waals surface area contributed by atoms with Crippen molar-refractivity contribution in [2.45, 2.75) is 62.9 Å². The van der Waals surface area contributed by atoms with Gasteiger partial charge in [0.15, 0.2) is 0 Å². The molecule has 4 heteroatoms. The van der Waals surface area contributed by atoms with Gasteiger partial charge in [0.1, 0.15) is 0 Å². The first kappa shape index (κ1) is 17.4. The second-order valence-corrected chi connectivity index (χ2v) is 9.08. The molecule has 1 aromatic carbocycles. The molecule has 0 spiro atoms. The molecule has 0 bridgehead atoms. The van der Waals surface area contributed by atoms with Crippen LogP contribution in [0.4, 0.5) is 0 Å². The van der Waals surface area contributed by atoms with Crippen molar-refractivity contribution >= 4 is 17.7 Å². The lowest BCUT2D eigenvalue weighted by molar-refractivity contribution is -0.122. The van der Waals surface area contributed by atoms with Gasteiger partial charge < -0.3 is 10.2 Å². The Morgan fingerprint density at radius 3 is 2.64 bits per heavy atom. The number of hydrogen-bond acceptors (Lipinski definition) is 3. The number of hydrogen-bond donors (Lipinski definition) is 1. The van der Waals surface area contributed by atoms with Crippen LogP contribution in [0.3, 0.4) is 0 Å². The first-order chi connectivity index (χ1) is 12.3. The van der Waals surface area contributed by atoms with Crippen molar-refractivity contribution in [3.05, 3.63) is 35.4 Å². The van der Waals surface area contributed by atoms with Gasteiger partial charge in [0.2, 0.25) is 5.91 Å². The van der Waals surface area contributed by atoms with Gasteiger partial charge in [-0.2, -0.15) is 11.8 Å². The average Bonchev–Trinajstić information content (AvgIpc) is 3.06. The highest BCUT2D eigenvalue weighted by Gasteiger charge is 2.28. The van der Waals surface area contributed by atoms with Gasteiger partial charge in [-0.1, -0.05) is 24.3 Å². The van der Waals surface area contributed by atoms with Crippen LogP contribution in [-0.2, 0) is 11.2 Å². The minimum Gasteiger partial charge on any atom is -0.353 e. The molecule has 1 N–H and O–H groups in total. The number of amides is 1. The monoisotopic (exact) mass is 358 g/mol. The van der Waals surface area contributed by atoms with E-state index in [9.17, 15) is 4.79 Å². The third-order valence-electron chi connectivity index (χ3n) is 6.29. The molecule has 0 saturated carbocycles. The Morgan fingerprint density at radius 2 is 1.84 bits per heavy atom. The van der Waals surface area contributed by atoms with Crippen LogP contribution < -0.4 is 5.32 Å². The van der Waals surface area contributed by atoms with Crippen molar-refractivity contribution < 1.29 is 4.79 Å². The van der Waals surface area contributed by atoms with Crippen molar-refractivity contribution in [2.24, 2.45) is 0 Å². The van der Waals surface area contributed by atoms with Crippen molar-refractivity contribution in [3.8, 4) is 0 Å². The van der Waals surface area contributed by atoms with E-state index in [0.717, 1.165) is 44.8 Å². The molecule has 1 amide bonds. The summed E-state index contributed by atoms with van der Waals surface area (Å²) >= 11 is 2.10. The number of nitrogens with one attached hydrogen (secondary N) is 1. The largest absolute Gasteiger partial charge is 0.353 e. The average molecular weight is 359 g/mol. The number of carbonyl (C=O) groups excluding carboxylic acids is 1. The van der Waals surface area contributed by atoms with Crippen LogP contribution in [-0.4, -0.2) is 47.5 Å². The number of fused-ring (bicyclic) bond motifs is 1. The van der Waals surface area contributed by atoms with E-state index in [-0.39, 0.29) is 5.91 Å². The number of benzene rings is 1. The van der Waals surface area contributed by atoms with Crippen molar-refractivity contribution in [1.82, 2.24) is 10.2 Å². The van der Waals surface area contributed by atoms with E-state index in [1.165, 1.54) is 35.5 Å². The predicted molar refractivity (Wildman–Crippen MR) is 105 cm³/mol. The predicted octanol–water partition coefficient (Wildman–Crippen LogP) is 3.58. The van der Waals surface area contributed by atoms with Crippen LogP contribution in [0, 0.1) is 0 Å². The molecule has 136 valence electrons. The highest BCUT2D eigenvalue weighted by atomic mass is 32.2. The smallest absolute Gasteiger partial charge is 0.220 e. The lowest BCUT2D eigenvalue weighted by Gasteiger charge is -2.39. The molecule has 1 atom stereocenters. The number of thioether (sulfide) groups is 1. The highest BCUT2D eigenvalue weighted by Crippen LogP contribution is 2.35. The summed E-state index contributed by atoms with van der Waals surface area (Å²) < 4.78 is 0. The summed E-state index contributed by atoms with van der Waals surface area (Å²) in [4.78, 5) is 15.2. The minimum absolute atomic E-state index is 0.259. The van der Waals surface area contributed by atoms with E-state index >= 15 is 0 Å². The van der Waals surface area contributed by atoms with E-state index in [2.05, 4.69) is 46.2 Å². The summed E-state index contributed by atoms with van der Waals surface area (Å²) in [7, 11) is 0. The molecule has 0 aromatic heterocycles. The second kappa shape index (κ2) is 8.13. The summed E-state index contributed by atoms with van der Waals surface area (Å²) in [6.07, 6.45) is 7.87. The molecule has 3 nitrogen and oxygen atoms in total. The fourth-order valence-corrected chi connectivity index (χ4v) is 5.91. The first-order valence-electron chi connectivity index (χ1n) is 9.98. The topological polar surface area (TPSA) is 32.3 Å². The number of aryl methyl sites for hydroxylation is 1. The molecule has 2 aliphatic heterocycles. The summed E-state index contributed by atoms with van der Waals surface area (Å²) in [5, 5.41) is 3.33. The van der Waals surface area contributed by atoms with E-state index in [0.29, 0.717) is 18.4 Å². The van der Waals surface area contributed by atoms with E-state index in [1.54, 1.807) is 0 Å². The Hall–Kier alpha value is -1.00. The zero-order valence-electron chi connectivity index (χ0n) is 15.1. The fourth-order valence-electron chi connectivity index (χ4n) is 4.83. The molecule has 4 rings (SSSR count). The zero-order valence-corrected chi connectivity index (χ0v) is 15.9. The number of piperidine rings is 1. The molecule has 25 heavy (non-hydrogen) atoms. The van der Waals surface area contributed by atoms with Gasteiger partial charge in [-0.05, 0) is 67.1 Å². The van der Waals surface area contributed by atoms with Crippen LogP contribution in [0.1, 0.15) is 55.6 Å². The van der Waals surface area contributed by atoms with E-state index < -0.39 is 0 Å². The molecule has 0 radical (unpaired) electrons. The Balaban J connectivity index is 1.23. The van der Waals surface area contributed by atoms with E-state index in [1.807, 2.05) is 0 Å². The number of rotatable bonds is 4. The molecule has 0 unspecified atom stereocenters. The zero-order chi connectivity index (χ0) is 17.1. The van der Waals surface area contributed by atoms with E-state index in [4.69, 9.17) is 0 Å². The summed E-state index contributed by atoms with van der Waals surface area (Å²) in [6.45, 7) is 2.32. The minimum atomic E-state index is 0.259. The molecule has 3 aliphatic rings. The maximum atomic E-state index is 12.5. The third-order valence-corrected chi connectivity index (χ3v) is 7.34. The Bertz CT molecular complexity index is 591. The van der Waals surface area contributed by atoms with Crippen molar-refractivity contribution in [2.75, 3.05) is 24.6 Å². The lowest BCUT2D eigenvalue weighted by atomic mass is 9.96. The number of likely N-dealkylation sites (tertiary alicyclic amines) is 1. The first-order valence-corrected chi connectivity index (χ1v) is 11.1. The molecule has 2 fully saturated rings. The van der Waals surface area contributed by atoms with Crippen molar-refractivity contribution in [1.29, 1.82) is 0 Å². The van der Waals surface area contributed by atoms with Gasteiger partial charge in [0.25, 0.3) is 0 Å². The van der Waals surface area contributed by atoms with Crippen LogP contribution in [0.15, 0.2) is 24.3 Å². The van der Waals surface area contributed by atoms with Gasteiger partial charge in [-0.3, -0.25) is 4.79 Å². The summed E-state index contributed by atoms with van der Waals surface area (Å²) in [6, 6.07) is 9.83. The van der Waals surface area contributed by atoms with Gasteiger partial charge in [0, 0.05) is 31.6 Å². The van der Waals surface area contributed by atoms with Gasteiger partial charge in [-0.15, -0.1) is 0 Å². The molecule has 1 aliphatic carbocycles. The highest BCUT2D eigenvalue weighted by molar-refractivity contribution is 7.99. The maximum Gasteiger partial charge on any atom is 0.220 e. The Labute approximate surface area is 155 Å². The lowest BCUT2D eigenvalue weighted by Crippen LogP contribution is -2.48. The molecule has 1 aromatic rings. The van der Waals surface area contributed by atoms with Crippen LogP contribution >= 0.6 is 11.8 Å². The molecule has 2 saturated heterocycles. The maximum absolute atomic E-state index is 12.5. The Morgan fingerprint density at radius 1 is 1.08 bits per heavy atom. The van der Waals surface area contributed by atoms with Gasteiger partial charge >= 0.3 is 0 Å². The quantitative estimate of drug-likeness (QED) is 0.893. The van der Waals surface area contributed by atoms with Crippen LogP contribution in [0.2, 0.25) is 0 Å². The summed E-state index contributed by atoms with van der Waals surface area (Å²) in [5.41, 5.74) is 2.85. The number of nitrogens with zero attached hydrogens (tertiary/aromatic N) is 1. The molecular weight excluding hydrogens is 328 g/mol. The molecule has 2 heterocycles. The van der Waals surface area contributed by atoms with Crippen LogP contribution in [0.5, 0.6) is 0 Å². The second-order valence-electron chi connectivity index (χ2n) is 7.86. The standard InChI is InChI=1S/C21H30N2OS/c24-21(15-17-6-5-16-3-1-2-4-20(16)17)22-18-7-11-23(12-8-18)19-9-13-25-14-10-19/h1-4,17-19H,5-15H2,(H,22,24)/t17-/m0/s1. The SMILES string of the molecule is O=C(C[C@@H]1CCc2ccccc21)NC1CCN(C2CCSCC2)CC1.